The van der Waals surface area contributed by atoms with E-state index in [2.05, 4.69) is 52.9 Å². The van der Waals surface area contributed by atoms with Crippen LogP contribution in [0.5, 0.6) is 5.75 Å². The van der Waals surface area contributed by atoms with Gasteiger partial charge in [-0.25, -0.2) is 0 Å². The second-order valence-electron chi connectivity index (χ2n) is 6.92. The van der Waals surface area contributed by atoms with E-state index in [-0.39, 0.29) is 6.04 Å². The van der Waals surface area contributed by atoms with E-state index in [1.165, 1.54) is 10.9 Å². The average molecular weight is 402 g/mol. The molecule has 0 fully saturated rings. The SMILES string of the molecule is COc1ccc(-c2cc3ccccc3[nH]2)cc1NC(=S)N[C@H](C)c1ccccc1. The van der Waals surface area contributed by atoms with Gasteiger partial charge in [-0.15, -0.1) is 0 Å². The van der Waals surface area contributed by atoms with Gasteiger partial charge in [-0.3, -0.25) is 0 Å². The van der Waals surface area contributed by atoms with Crippen LogP contribution in [0.2, 0.25) is 0 Å². The van der Waals surface area contributed by atoms with E-state index in [9.17, 15) is 0 Å². The third-order valence-corrected chi connectivity index (χ3v) is 5.16. The van der Waals surface area contributed by atoms with Crippen LogP contribution in [0.4, 0.5) is 5.69 Å². The van der Waals surface area contributed by atoms with Gasteiger partial charge in [0.05, 0.1) is 18.8 Å². The van der Waals surface area contributed by atoms with Crippen LogP contribution < -0.4 is 15.4 Å². The van der Waals surface area contributed by atoms with E-state index < -0.39 is 0 Å². The number of fused-ring (bicyclic) bond motifs is 1. The molecule has 0 unspecified atom stereocenters. The van der Waals surface area contributed by atoms with Crippen molar-refractivity contribution in [2.45, 2.75) is 13.0 Å². The fraction of sp³-hybridized carbons (Fsp3) is 0.125. The standard InChI is InChI=1S/C24H23N3OS/c1-16(17-8-4-3-5-9-17)25-24(29)27-22-15-19(12-13-23(22)28-2)21-14-18-10-6-7-11-20(18)26-21/h3-16,26H,1-2H3,(H2,25,27,29)/t16-/m1/s1. The number of anilines is 1. The highest BCUT2D eigenvalue weighted by atomic mass is 32.1. The van der Waals surface area contributed by atoms with Crippen LogP contribution in [0.25, 0.3) is 22.2 Å². The molecular formula is C24H23N3OS. The third-order valence-electron chi connectivity index (χ3n) is 4.94. The van der Waals surface area contributed by atoms with Crippen molar-refractivity contribution in [3.63, 3.8) is 0 Å². The van der Waals surface area contributed by atoms with Gasteiger partial charge in [0.25, 0.3) is 0 Å². The molecule has 0 radical (unpaired) electrons. The highest BCUT2D eigenvalue weighted by Gasteiger charge is 2.11. The first-order valence-electron chi connectivity index (χ1n) is 9.52. The number of rotatable bonds is 5. The molecule has 1 aromatic heterocycles. The predicted octanol–water partition coefficient (Wildman–Crippen LogP) is 5.89. The molecule has 0 spiro atoms. The minimum Gasteiger partial charge on any atom is -0.495 e. The zero-order valence-electron chi connectivity index (χ0n) is 16.4. The fourth-order valence-corrected chi connectivity index (χ4v) is 3.67. The number of aromatic amines is 1. The van der Waals surface area contributed by atoms with Crippen molar-refractivity contribution in [2.75, 3.05) is 12.4 Å². The Morgan fingerprint density at radius 1 is 0.966 bits per heavy atom. The molecule has 29 heavy (non-hydrogen) atoms. The predicted molar refractivity (Wildman–Crippen MR) is 125 cm³/mol. The summed E-state index contributed by atoms with van der Waals surface area (Å²) in [5, 5.41) is 8.35. The normalized spacial score (nSPS) is 11.8. The fourth-order valence-electron chi connectivity index (χ4n) is 3.38. The average Bonchev–Trinajstić information content (AvgIpc) is 3.18. The van der Waals surface area contributed by atoms with Gasteiger partial charge in [-0.1, -0.05) is 48.5 Å². The van der Waals surface area contributed by atoms with Crippen molar-refractivity contribution < 1.29 is 4.74 Å². The van der Waals surface area contributed by atoms with Gasteiger partial charge in [0.1, 0.15) is 5.75 Å². The number of aromatic nitrogens is 1. The lowest BCUT2D eigenvalue weighted by atomic mass is 10.1. The molecule has 0 aliphatic carbocycles. The number of nitrogens with one attached hydrogen (secondary N) is 3. The van der Waals surface area contributed by atoms with Crippen molar-refractivity contribution in [1.82, 2.24) is 10.3 Å². The number of hydrogen-bond donors (Lipinski definition) is 3. The minimum absolute atomic E-state index is 0.0964. The van der Waals surface area contributed by atoms with Crippen molar-refractivity contribution in [1.29, 1.82) is 0 Å². The topological polar surface area (TPSA) is 49.1 Å². The summed E-state index contributed by atoms with van der Waals surface area (Å²) >= 11 is 5.55. The third kappa shape index (κ3) is 4.25. The number of thiocarbonyl (C=S) groups is 1. The first-order chi connectivity index (χ1) is 14.1. The quantitative estimate of drug-likeness (QED) is 0.365. The minimum atomic E-state index is 0.0964. The van der Waals surface area contributed by atoms with Gasteiger partial charge < -0.3 is 20.4 Å². The summed E-state index contributed by atoms with van der Waals surface area (Å²) in [4.78, 5) is 3.47. The van der Waals surface area contributed by atoms with E-state index >= 15 is 0 Å². The van der Waals surface area contributed by atoms with E-state index in [0.717, 1.165) is 28.2 Å². The monoisotopic (exact) mass is 401 g/mol. The Morgan fingerprint density at radius 3 is 2.48 bits per heavy atom. The van der Waals surface area contributed by atoms with Crippen LogP contribution in [0, 0.1) is 0 Å². The Hall–Kier alpha value is -3.31. The lowest BCUT2D eigenvalue weighted by Gasteiger charge is -2.19. The van der Waals surface area contributed by atoms with E-state index in [0.29, 0.717) is 5.11 Å². The van der Waals surface area contributed by atoms with Gasteiger partial charge in [0.2, 0.25) is 0 Å². The molecule has 146 valence electrons. The van der Waals surface area contributed by atoms with Crippen LogP contribution in [0.15, 0.2) is 78.9 Å². The lowest BCUT2D eigenvalue weighted by molar-refractivity contribution is 0.417. The molecular weight excluding hydrogens is 378 g/mol. The van der Waals surface area contributed by atoms with Crippen molar-refractivity contribution in [2.24, 2.45) is 0 Å². The maximum Gasteiger partial charge on any atom is 0.171 e. The number of ether oxygens (including phenoxy) is 1. The summed E-state index contributed by atoms with van der Waals surface area (Å²) in [5.74, 6) is 0.737. The number of methoxy groups -OCH3 is 1. The first-order valence-corrected chi connectivity index (χ1v) is 9.93. The maximum absolute atomic E-state index is 5.55. The first kappa shape index (κ1) is 19.0. The van der Waals surface area contributed by atoms with Gasteiger partial charge in [0.15, 0.2) is 5.11 Å². The van der Waals surface area contributed by atoms with E-state index in [1.54, 1.807) is 7.11 Å². The molecule has 5 heteroatoms. The van der Waals surface area contributed by atoms with Crippen LogP contribution in [-0.2, 0) is 0 Å². The highest BCUT2D eigenvalue weighted by Crippen LogP contribution is 2.32. The second kappa shape index (κ2) is 8.37. The summed E-state index contributed by atoms with van der Waals surface area (Å²) < 4.78 is 5.53. The molecule has 3 aromatic carbocycles. The molecule has 0 bridgehead atoms. The summed E-state index contributed by atoms with van der Waals surface area (Å²) in [5.41, 5.74) is 5.22. The smallest absolute Gasteiger partial charge is 0.171 e. The van der Waals surface area contributed by atoms with Crippen LogP contribution in [0.3, 0.4) is 0 Å². The van der Waals surface area contributed by atoms with Crippen molar-refractivity contribution in [3.05, 3.63) is 84.4 Å². The highest BCUT2D eigenvalue weighted by molar-refractivity contribution is 7.80. The number of H-pyrrole nitrogens is 1. The molecule has 3 N–H and O–H groups in total. The summed E-state index contributed by atoms with van der Waals surface area (Å²) in [6, 6.07) is 26.7. The molecule has 0 aliphatic rings. The zero-order chi connectivity index (χ0) is 20.2. The molecule has 4 nitrogen and oxygen atoms in total. The Morgan fingerprint density at radius 2 is 1.72 bits per heavy atom. The number of para-hydroxylation sites is 1. The summed E-state index contributed by atoms with van der Waals surface area (Å²) in [6.45, 7) is 2.08. The Bertz CT molecular complexity index is 1100. The molecule has 0 saturated heterocycles. The van der Waals surface area contributed by atoms with Crippen molar-refractivity contribution >= 4 is 33.9 Å². The van der Waals surface area contributed by atoms with E-state index in [1.807, 2.05) is 48.5 Å². The summed E-state index contributed by atoms with van der Waals surface area (Å²) in [7, 11) is 1.66. The Balaban J connectivity index is 1.56. The van der Waals surface area contributed by atoms with Gasteiger partial charge in [-0.2, -0.15) is 0 Å². The Kier molecular flexibility index (Phi) is 5.49. The molecule has 0 aliphatic heterocycles. The van der Waals surface area contributed by atoms with Crippen LogP contribution in [-0.4, -0.2) is 17.2 Å². The van der Waals surface area contributed by atoms with Gasteiger partial charge >= 0.3 is 0 Å². The molecule has 4 aromatic rings. The van der Waals surface area contributed by atoms with Crippen molar-refractivity contribution in [3.8, 4) is 17.0 Å². The number of benzene rings is 3. The van der Waals surface area contributed by atoms with Gasteiger partial charge in [-0.05, 0) is 55.0 Å². The van der Waals surface area contributed by atoms with Crippen LogP contribution >= 0.6 is 12.2 Å². The zero-order valence-corrected chi connectivity index (χ0v) is 17.2. The van der Waals surface area contributed by atoms with Crippen LogP contribution in [0.1, 0.15) is 18.5 Å². The largest absolute Gasteiger partial charge is 0.495 e. The summed E-state index contributed by atoms with van der Waals surface area (Å²) in [6.07, 6.45) is 0. The molecule has 1 atom stereocenters. The molecule has 1 heterocycles. The number of hydrogen-bond acceptors (Lipinski definition) is 2. The molecule has 4 rings (SSSR count). The van der Waals surface area contributed by atoms with E-state index in [4.69, 9.17) is 17.0 Å². The van der Waals surface area contributed by atoms with Gasteiger partial charge in [0, 0.05) is 22.2 Å². The second-order valence-corrected chi connectivity index (χ2v) is 7.32. The molecule has 0 amide bonds. The lowest BCUT2D eigenvalue weighted by Crippen LogP contribution is -2.31. The molecule has 0 saturated carbocycles. The Labute approximate surface area is 175 Å². The maximum atomic E-state index is 5.55.